The molecule has 1 aliphatic carbocycles. The van der Waals surface area contributed by atoms with Gasteiger partial charge in [0.05, 0.1) is 0 Å². The smallest absolute Gasteiger partial charge is 0.256 e. The minimum atomic E-state index is -0.939. The van der Waals surface area contributed by atoms with Gasteiger partial charge in [-0.3, -0.25) is 4.79 Å². The van der Waals surface area contributed by atoms with Crippen LogP contribution in [-0.4, -0.2) is 28.2 Å². The van der Waals surface area contributed by atoms with Crippen molar-refractivity contribution >= 4 is 29.1 Å². The van der Waals surface area contributed by atoms with E-state index in [4.69, 9.17) is 23.2 Å². The molecule has 4 heteroatoms. The quantitative estimate of drug-likeness (QED) is 0.510. The summed E-state index contributed by atoms with van der Waals surface area (Å²) >= 11 is 10.9. The largest absolute Gasteiger partial charge is 0.334 e. The van der Waals surface area contributed by atoms with Gasteiger partial charge in [0, 0.05) is 12.6 Å². The maximum Gasteiger partial charge on any atom is 0.256 e. The number of rotatable bonds is 4. The summed E-state index contributed by atoms with van der Waals surface area (Å²) in [7, 11) is 0. The molecule has 0 spiro atoms. The number of nitrogens with zero attached hydrogens (tertiary/aromatic N) is 1. The highest BCUT2D eigenvalue weighted by atomic mass is 35.5. The van der Waals surface area contributed by atoms with Gasteiger partial charge >= 0.3 is 0 Å². The number of amides is 1. The fraction of sp³-hybridized carbons (Fsp3) is 0.625. The lowest BCUT2D eigenvalue weighted by Crippen LogP contribution is -2.36. The second-order valence-electron chi connectivity index (χ2n) is 2.81. The molecule has 0 heterocycles. The predicted octanol–water partition coefficient (Wildman–Crippen LogP) is 1.97. The van der Waals surface area contributed by atoms with Gasteiger partial charge in [-0.1, -0.05) is 29.3 Å². The van der Waals surface area contributed by atoms with Gasteiger partial charge in [-0.05, 0) is 12.8 Å². The number of halogens is 2. The van der Waals surface area contributed by atoms with Crippen molar-refractivity contribution in [1.82, 2.24) is 4.90 Å². The molecular formula is C8H11Cl2NO. The van der Waals surface area contributed by atoms with Crippen molar-refractivity contribution in [1.29, 1.82) is 0 Å². The van der Waals surface area contributed by atoms with Crippen LogP contribution < -0.4 is 0 Å². The topological polar surface area (TPSA) is 20.3 Å². The van der Waals surface area contributed by atoms with Crippen molar-refractivity contribution in [3.05, 3.63) is 12.7 Å². The minimum absolute atomic E-state index is 0.208. The lowest BCUT2D eigenvalue weighted by Gasteiger charge is -2.20. The molecule has 0 atom stereocenters. The second-order valence-corrected chi connectivity index (χ2v) is 3.91. The molecule has 12 heavy (non-hydrogen) atoms. The molecule has 0 aromatic carbocycles. The van der Waals surface area contributed by atoms with Crippen LogP contribution in [0.4, 0.5) is 0 Å². The van der Waals surface area contributed by atoms with Crippen molar-refractivity contribution in [2.75, 3.05) is 6.54 Å². The van der Waals surface area contributed by atoms with Crippen LogP contribution >= 0.6 is 23.2 Å². The number of alkyl halides is 2. The van der Waals surface area contributed by atoms with E-state index in [1.807, 2.05) is 0 Å². The van der Waals surface area contributed by atoms with Gasteiger partial charge in [-0.15, -0.1) is 6.58 Å². The van der Waals surface area contributed by atoms with E-state index in [1.54, 1.807) is 11.0 Å². The highest BCUT2D eigenvalue weighted by Gasteiger charge is 2.33. The first kappa shape index (κ1) is 9.87. The van der Waals surface area contributed by atoms with E-state index in [0.29, 0.717) is 12.6 Å². The van der Waals surface area contributed by atoms with E-state index in [0.717, 1.165) is 12.8 Å². The van der Waals surface area contributed by atoms with E-state index < -0.39 is 4.84 Å². The highest BCUT2D eigenvalue weighted by molar-refractivity contribution is 6.53. The van der Waals surface area contributed by atoms with Crippen LogP contribution in [0.5, 0.6) is 0 Å². The number of carbonyl (C=O) groups is 1. The Bertz CT molecular complexity index is 189. The summed E-state index contributed by atoms with van der Waals surface area (Å²) in [6.07, 6.45) is 3.80. The van der Waals surface area contributed by atoms with Crippen molar-refractivity contribution in [3.63, 3.8) is 0 Å². The van der Waals surface area contributed by atoms with Crippen LogP contribution in [0, 0.1) is 0 Å². The van der Waals surface area contributed by atoms with Crippen molar-refractivity contribution in [2.24, 2.45) is 0 Å². The average molecular weight is 208 g/mol. The van der Waals surface area contributed by atoms with Crippen molar-refractivity contribution < 1.29 is 4.79 Å². The molecule has 2 nitrogen and oxygen atoms in total. The summed E-state index contributed by atoms with van der Waals surface area (Å²) < 4.78 is 0. The Labute approximate surface area is 82.1 Å². The molecule has 0 N–H and O–H groups in total. The first-order chi connectivity index (χ1) is 5.66. The zero-order chi connectivity index (χ0) is 9.14. The molecule has 0 aromatic rings. The normalized spacial score (nSPS) is 16.2. The highest BCUT2D eigenvalue weighted by Crippen LogP contribution is 2.28. The summed E-state index contributed by atoms with van der Waals surface area (Å²) in [6, 6.07) is 0.343. The van der Waals surface area contributed by atoms with Crippen molar-refractivity contribution in [3.8, 4) is 0 Å². The Morgan fingerprint density at radius 1 is 1.67 bits per heavy atom. The molecule has 0 aromatic heterocycles. The summed E-state index contributed by atoms with van der Waals surface area (Å²) in [5.41, 5.74) is 0. The molecule has 1 fully saturated rings. The fourth-order valence-corrected chi connectivity index (χ4v) is 1.32. The van der Waals surface area contributed by atoms with E-state index in [-0.39, 0.29) is 5.91 Å². The number of carbonyl (C=O) groups excluding carboxylic acids is 1. The third-order valence-electron chi connectivity index (χ3n) is 1.78. The van der Waals surface area contributed by atoms with Crippen LogP contribution in [0.3, 0.4) is 0 Å². The standard InChI is InChI=1S/C8H11Cl2NO/c1-2-5-11(6-3-4-6)8(12)7(9)10/h2,6-7H,1,3-5H2. The SMILES string of the molecule is C=CCN(C(=O)C(Cl)Cl)C1CC1. The van der Waals surface area contributed by atoms with Gasteiger partial charge in [-0.2, -0.15) is 0 Å². The number of hydrogen-bond donors (Lipinski definition) is 0. The van der Waals surface area contributed by atoms with E-state index >= 15 is 0 Å². The Kier molecular flexibility index (Phi) is 3.41. The molecular weight excluding hydrogens is 197 g/mol. The molecule has 68 valence electrons. The molecule has 0 bridgehead atoms. The van der Waals surface area contributed by atoms with Crippen LogP contribution in [0.25, 0.3) is 0 Å². The van der Waals surface area contributed by atoms with Gasteiger partial charge in [0.2, 0.25) is 0 Å². The van der Waals surface area contributed by atoms with Gasteiger partial charge in [-0.25, -0.2) is 0 Å². The van der Waals surface area contributed by atoms with E-state index in [2.05, 4.69) is 6.58 Å². The third kappa shape index (κ3) is 2.39. The number of hydrogen-bond acceptors (Lipinski definition) is 1. The summed E-state index contributed by atoms with van der Waals surface area (Å²) in [6.45, 7) is 4.11. The molecule has 1 aliphatic rings. The molecule has 1 amide bonds. The Morgan fingerprint density at radius 3 is 2.58 bits per heavy atom. The molecule has 0 aliphatic heterocycles. The lowest BCUT2D eigenvalue weighted by molar-refractivity contribution is -0.129. The van der Waals surface area contributed by atoms with Crippen molar-refractivity contribution in [2.45, 2.75) is 23.7 Å². The molecule has 0 radical (unpaired) electrons. The summed E-state index contributed by atoms with van der Waals surface area (Å²) in [5, 5.41) is 0. The van der Waals surface area contributed by atoms with Crippen LogP contribution in [0.1, 0.15) is 12.8 Å². The fourth-order valence-electron chi connectivity index (χ4n) is 1.07. The second kappa shape index (κ2) is 4.15. The molecule has 0 unspecified atom stereocenters. The van der Waals surface area contributed by atoms with E-state index in [1.165, 1.54) is 0 Å². The van der Waals surface area contributed by atoms with Crippen LogP contribution in [0.15, 0.2) is 12.7 Å². The van der Waals surface area contributed by atoms with Crippen LogP contribution in [0.2, 0.25) is 0 Å². The van der Waals surface area contributed by atoms with Gasteiger partial charge in [0.1, 0.15) is 0 Å². The lowest BCUT2D eigenvalue weighted by atomic mass is 10.4. The van der Waals surface area contributed by atoms with Gasteiger partial charge in [0.15, 0.2) is 4.84 Å². The zero-order valence-corrected chi connectivity index (χ0v) is 8.18. The predicted molar refractivity (Wildman–Crippen MR) is 50.4 cm³/mol. The minimum Gasteiger partial charge on any atom is -0.334 e. The monoisotopic (exact) mass is 207 g/mol. The molecule has 1 rings (SSSR count). The summed E-state index contributed by atoms with van der Waals surface area (Å²) in [4.78, 5) is 12.1. The first-order valence-corrected chi connectivity index (χ1v) is 4.73. The summed E-state index contributed by atoms with van der Waals surface area (Å²) in [5.74, 6) is -0.208. The maximum atomic E-state index is 11.3. The van der Waals surface area contributed by atoms with Gasteiger partial charge < -0.3 is 4.90 Å². The maximum absolute atomic E-state index is 11.3. The zero-order valence-electron chi connectivity index (χ0n) is 6.67. The Hall–Kier alpha value is -0.210. The molecule has 1 saturated carbocycles. The van der Waals surface area contributed by atoms with Gasteiger partial charge in [0.25, 0.3) is 5.91 Å². The Balaban J connectivity index is 2.51. The van der Waals surface area contributed by atoms with E-state index in [9.17, 15) is 4.79 Å². The molecule has 0 saturated heterocycles. The Morgan fingerprint density at radius 2 is 2.25 bits per heavy atom. The van der Waals surface area contributed by atoms with Crippen LogP contribution in [-0.2, 0) is 4.79 Å². The third-order valence-corrected chi connectivity index (χ3v) is 2.16. The average Bonchev–Trinajstić information content (AvgIpc) is 2.81. The first-order valence-electron chi connectivity index (χ1n) is 3.86.